The minimum Gasteiger partial charge on any atom is -0.349 e. The molecule has 6 aromatic rings. The lowest BCUT2D eigenvalue weighted by atomic mass is 10.0. The summed E-state index contributed by atoms with van der Waals surface area (Å²) >= 11 is 3.01. The molecule has 43 heavy (non-hydrogen) atoms. The van der Waals surface area contributed by atoms with E-state index in [4.69, 9.17) is 4.98 Å². The van der Waals surface area contributed by atoms with Crippen LogP contribution in [0.2, 0.25) is 0 Å². The number of nitrogens with one attached hydrogen (secondary N) is 1. The van der Waals surface area contributed by atoms with Crippen LogP contribution in [0.1, 0.15) is 42.8 Å². The van der Waals surface area contributed by atoms with Gasteiger partial charge in [0.2, 0.25) is 0 Å². The van der Waals surface area contributed by atoms with E-state index in [2.05, 4.69) is 22.4 Å². The van der Waals surface area contributed by atoms with Crippen molar-refractivity contribution in [2.24, 2.45) is 0 Å². The zero-order chi connectivity index (χ0) is 29.8. The zero-order valence-corrected chi connectivity index (χ0v) is 25.6. The number of nitrogens with zero attached hydrogens (tertiary/aromatic N) is 4. The summed E-state index contributed by atoms with van der Waals surface area (Å²) in [6.45, 7) is 4.40. The topological polar surface area (TPSA) is 79.6 Å². The Morgan fingerprint density at radius 3 is 2.23 bits per heavy atom. The average Bonchev–Trinajstić information content (AvgIpc) is 3.73. The molecule has 0 saturated carbocycles. The molecule has 0 fully saturated rings. The van der Waals surface area contributed by atoms with E-state index in [9.17, 15) is 9.59 Å². The summed E-state index contributed by atoms with van der Waals surface area (Å²) in [5.41, 5.74) is 4.65. The van der Waals surface area contributed by atoms with Gasteiger partial charge in [-0.1, -0.05) is 91.0 Å². The number of aromatic nitrogens is 3. The second kappa shape index (κ2) is 12.7. The number of aryl methyl sites for hydroxylation is 2. The van der Waals surface area contributed by atoms with Crippen molar-refractivity contribution in [2.45, 2.75) is 32.9 Å². The third-order valence-corrected chi connectivity index (χ3v) is 9.11. The molecule has 3 aromatic heterocycles. The molecule has 3 heterocycles. The number of thiazole rings is 2. The predicted molar refractivity (Wildman–Crippen MR) is 173 cm³/mol. The maximum Gasteiger partial charge on any atom is 0.274 e. The number of carbonyl (C=O) groups is 2. The zero-order valence-electron chi connectivity index (χ0n) is 23.9. The molecule has 9 heteroatoms. The van der Waals surface area contributed by atoms with Crippen LogP contribution in [0.15, 0.2) is 103 Å². The minimum absolute atomic E-state index is 0.164. The number of amides is 2. The second-order valence-electron chi connectivity index (χ2n) is 10.4. The predicted octanol–water partition coefficient (Wildman–Crippen LogP) is 6.82. The van der Waals surface area contributed by atoms with Gasteiger partial charge in [-0.05, 0) is 37.0 Å². The van der Waals surface area contributed by atoms with E-state index >= 15 is 0 Å². The van der Waals surface area contributed by atoms with Gasteiger partial charge in [0.15, 0.2) is 4.96 Å². The second-order valence-corrected chi connectivity index (χ2v) is 12.4. The molecule has 0 aliphatic carbocycles. The lowest BCUT2D eigenvalue weighted by Gasteiger charge is -2.32. The number of rotatable bonds is 10. The fourth-order valence-corrected chi connectivity index (χ4v) is 6.96. The molecule has 0 radical (unpaired) electrons. The summed E-state index contributed by atoms with van der Waals surface area (Å²) in [7, 11) is 0. The Kier molecular flexibility index (Phi) is 8.44. The summed E-state index contributed by atoms with van der Waals surface area (Å²) in [5, 5.41) is 5.88. The molecule has 2 amide bonds. The van der Waals surface area contributed by atoms with Crippen LogP contribution in [0, 0.1) is 13.8 Å². The van der Waals surface area contributed by atoms with Crippen molar-refractivity contribution in [1.29, 1.82) is 0 Å². The molecule has 0 saturated heterocycles. The molecular formula is C34H31N5O2S2. The standard InChI is InChI=1S/C34H31N5O2S2/c1-23-30(38-18-19-42-34(38)36-23)32(40)35-21-28(20-25-12-6-3-7-13-25)39(22-26-14-8-4-9-15-26)33(41)29-31(43-24(2)37-29)27-16-10-5-11-17-27/h3-19,28H,20-22H2,1-2H3,(H,35,40)/t28-/m0/s1. The van der Waals surface area contributed by atoms with Gasteiger partial charge in [-0.15, -0.1) is 22.7 Å². The van der Waals surface area contributed by atoms with Gasteiger partial charge >= 0.3 is 0 Å². The summed E-state index contributed by atoms with van der Waals surface area (Å²) in [6, 6.07) is 29.6. The summed E-state index contributed by atoms with van der Waals surface area (Å²) in [4.78, 5) is 40.9. The fraction of sp³-hybridized carbons (Fsp3) is 0.176. The molecule has 0 unspecified atom stereocenters. The van der Waals surface area contributed by atoms with Gasteiger partial charge in [0.25, 0.3) is 11.8 Å². The van der Waals surface area contributed by atoms with Crippen LogP contribution < -0.4 is 5.32 Å². The summed E-state index contributed by atoms with van der Waals surface area (Å²) < 4.78 is 1.82. The highest BCUT2D eigenvalue weighted by Gasteiger charge is 2.30. The van der Waals surface area contributed by atoms with Crippen molar-refractivity contribution in [3.63, 3.8) is 0 Å². The minimum atomic E-state index is -0.351. The van der Waals surface area contributed by atoms with E-state index < -0.39 is 0 Å². The van der Waals surface area contributed by atoms with E-state index in [1.54, 1.807) is 0 Å². The number of carbonyl (C=O) groups excluding carboxylic acids is 2. The van der Waals surface area contributed by atoms with E-state index in [0.29, 0.717) is 30.0 Å². The van der Waals surface area contributed by atoms with Crippen LogP contribution in [0.4, 0.5) is 0 Å². The first kappa shape index (κ1) is 28.5. The molecule has 0 bridgehead atoms. The van der Waals surface area contributed by atoms with Crippen molar-refractivity contribution in [2.75, 3.05) is 6.54 Å². The quantitative estimate of drug-likeness (QED) is 0.186. The number of benzene rings is 3. The monoisotopic (exact) mass is 605 g/mol. The van der Waals surface area contributed by atoms with Crippen molar-refractivity contribution >= 4 is 39.4 Å². The van der Waals surface area contributed by atoms with Crippen molar-refractivity contribution in [3.8, 4) is 10.4 Å². The number of fused-ring (bicyclic) bond motifs is 1. The van der Waals surface area contributed by atoms with Gasteiger partial charge in [0.1, 0.15) is 11.4 Å². The molecule has 0 aliphatic heterocycles. The summed E-state index contributed by atoms with van der Waals surface area (Å²) in [5.74, 6) is -0.383. The van der Waals surface area contributed by atoms with Crippen LogP contribution in [-0.4, -0.2) is 43.7 Å². The van der Waals surface area contributed by atoms with Crippen molar-refractivity contribution in [3.05, 3.63) is 136 Å². The van der Waals surface area contributed by atoms with E-state index in [-0.39, 0.29) is 24.4 Å². The highest BCUT2D eigenvalue weighted by molar-refractivity contribution is 7.15. The molecule has 3 aromatic carbocycles. The Balaban J connectivity index is 1.38. The van der Waals surface area contributed by atoms with E-state index in [0.717, 1.165) is 31.5 Å². The largest absolute Gasteiger partial charge is 0.349 e. The Labute approximate surface area is 258 Å². The van der Waals surface area contributed by atoms with Crippen LogP contribution >= 0.6 is 22.7 Å². The van der Waals surface area contributed by atoms with Gasteiger partial charge < -0.3 is 10.2 Å². The first-order valence-corrected chi connectivity index (χ1v) is 15.8. The number of hydrogen-bond acceptors (Lipinski definition) is 6. The van der Waals surface area contributed by atoms with Gasteiger partial charge in [-0.2, -0.15) is 0 Å². The molecule has 7 nitrogen and oxygen atoms in total. The number of imidazole rings is 1. The third-order valence-electron chi connectivity index (χ3n) is 7.33. The van der Waals surface area contributed by atoms with Crippen molar-refractivity contribution < 1.29 is 9.59 Å². The number of hydrogen-bond donors (Lipinski definition) is 1. The van der Waals surface area contributed by atoms with Crippen LogP contribution in [0.3, 0.4) is 0 Å². The highest BCUT2D eigenvalue weighted by Crippen LogP contribution is 2.32. The Bertz CT molecular complexity index is 1850. The molecule has 1 N–H and O–H groups in total. The Morgan fingerprint density at radius 2 is 1.53 bits per heavy atom. The molecule has 0 aliphatic rings. The Morgan fingerprint density at radius 1 is 0.884 bits per heavy atom. The van der Waals surface area contributed by atoms with Crippen LogP contribution in [0.5, 0.6) is 0 Å². The van der Waals surface area contributed by atoms with Gasteiger partial charge in [0, 0.05) is 24.7 Å². The first-order chi connectivity index (χ1) is 21.0. The maximum absolute atomic E-state index is 14.6. The molecule has 216 valence electrons. The highest BCUT2D eigenvalue weighted by atomic mass is 32.1. The normalized spacial score (nSPS) is 11.9. The lowest BCUT2D eigenvalue weighted by molar-refractivity contribution is 0.0642. The summed E-state index contributed by atoms with van der Waals surface area (Å²) in [6.07, 6.45) is 2.42. The molecule has 1 atom stereocenters. The van der Waals surface area contributed by atoms with Gasteiger partial charge in [-0.25, -0.2) is 9.97 Å². The van der Waals surface area contributed by atoms with Crippen LogP contribution in [-0.2, 0) is 13.0 Å². The van der Waals surface area contributed by atoms with Crippen molar-refractivity contribution in [1.82, 2.24) is 24.6 Å². The SMILES string of the molecule is Cc1nc(C(=O)N(Cc2ccccc2)[C@H](CNC(=O)c2c(C)nc3sccn23)Cc2ccccc2)c(-c2ccccc2)s1. The molecule has 0 spiro atoms. The van der Waals surface area contributed by atoms with E-state index in [1.807, 2.05) is 114 Å². The first-order valence-electron chi connectivity index (χ1n) is 14.1. The maximum atomic E-state index is 14.6. The van der Waals surface area contributed by atoms with E-state index in [1.165, 1.54) is 22.7 Å². The fourth-order valence-electron chi connectivity index (χ4n) is 5.28. The van der Waals surface area contributed by atoms with Crippen LogP contribution in [0.25, 0.3) is 15.4 Å². The third kappa shape index (κ3) is 6.28. The van der Waals surface area contributed by atoms with Gasteiger partial charge in [0.05, 0.1) is 21.6 Å². The lowest BCUT2D eigenvalue weighted by Crippen LogP contribution is -2.48. The average molecular weight is 606 g/mol. The smallest absolute Gasteiger partial charge is 0.274 e. The molecule has 6 rings (SSSR count). The van der Waals surface area contributed by atoms with Gasteiger partial charge in [-0.3, -0.25) is 14.0 Å². The Hall–Kier alpha value is -4.60. The molecular weight excluding hydrogens is 575 g/mol.